The van der Waals surface area contributed by atoms with Crippen LogP contribution in [-0.2, 0) is 0 Å². The van der Waals surface area contributed by atoms with Gasteiger partial charge >= 0.3 is 0 Å². The summed E-state index contributed by atoms with van der Waals surface area (Å²) < 4.78 is 0. The molecule has 0 aromatic carbocycles. The average Bonchev–Trinajstić information content (AvgIpc) is 2.83. The van der Waals surface area contributed by atoms with Gasteiger partial charge in [-0.05, 0) is 18.9 Å². The Bertz CT molecular complexity index is 303. The summed E-state index contributed by atoms with van der Waals surface area (Å²) in [4.78, 5) is 0. The molecular formula is C31H64NO-. The molecule has 0 spiro atoms. The van der Waals surface area contributed by atoms with Crippen LogP contribution in [0.4, 0.5) is 0 Å². The Morgan fingerprint density at radius 2 is 0.576 bits per heavy atom. The molecule has 0 saturated carbocycles. The van der Waals surface area contributed by atoms with E-state index in [4.69, 9.17) is 0 Å². The zero-order valence-corrected chi connectivity index (χ0v) is 23.3. The van der Waals surface area contributed by atoms with E-state index in [1.807, 2.05) is 0 Å². The van der Waals surface area contributed by atoms with Crippen LogP contribution < -0.4 is 5.48 Å². The van der Waals surface area contributed by atoms with Crippen LogP contribution in [-0.4, -0.2) is 6.04 Å². The van der Waals surface area contributed by atoms with Crippen LogP contribution in [0.1, 0.15) is 194 Å². The third-order valence-electron chi connectivity index (χ3n) is 7.48. The minimum atomic E-state index is 0.213. The molecule has 0 radical (unpaired) electrons. The maximum atomic E-state index is 11.3. The van der Waals surface area contributed by atoms with Crippen molar-refractivity contribution in [2.45, 2.75) is 200 Å². The van der Waals surface area contributed by atoms with Crippen molar-refractivity contribution in [1.29, 1.82) is 0 Å². The van der Waals surface area contributed by atoms with Crippen molar-refractivity contribution >= 4 is 0 Å². The first-order valence-electron chi connectivity index (χ1n) is 15.7. The van der Waals surface area contributed by atoms with Crippen LogP contribution in [0.5, 0.6) is 0 Å². The van der Waals surface area contributed by atoms with Crippen LogP contribution in [0.25, 0.3) is 0 Å². The number of rotatable bonds is 29. The Morgan fingerprint density at radius 3 is 0.788 bits per heavy atom. The molecule has 0 aliphatic carbocycles. The van der Waals surface area contributed by atoms with Crippen molar-refractivity contribution in [1.82, 2.24) is 5.48 Å². The normalized spacial score (nSPS) is 11.6. The maximum absolute atomic E-state index is 11.3. The highest BCUT2D eigenvalue weighted by Gasteiger charge is 2.04. The monoisotopic (exact) mass is 466 g/mol. The van der Waals surface area contributed by atoms with Crippen LogP contribution in [0, 0.1) is 5.21 Å². The summed E-state index contributed by atoms with van der Waals surface area (Å²) in [5.74, 6) is 0. The lowest BCUT2D eigenvalue weighted by atomic mass is 10.00. The SMILES string of the molecule is CCCCCCCCCCCCCCCC(CCCCCCCCCCCCCCC)N[O-]. The van der Waals surface area contributed by atoms with Gasteiger partial charge in [-0.1, -0.05) is 181 Å². The maximum Gasteiger partial charge on any atom is -0.00510 e. The van der Waals surface area contributed by atoms with E-state index in [1.54, 1.807) is 0 Å². The minimum Gasteiger partial charge on any atom is -0.788 e. The van der Waals surface area contributed by atoms with Gasteiger partial charge < -0.3 is 10.7 Å². The van der Waals surface area contributed by atoms with E-state index in [0.29, 0.717) is 0 Å². The predicted molar refractivity (Wildman–Crippen MR) is 151 cm³/mol. The second kappa shape index (κ2) is 30.0. The predicted octanol–water partition coefficient (Wildman–Crippen LogP) is 11.4. The zero-order chi connectivity index (χ0) is 24.1. The van der Waals surface area contributed by atoms with Crippen molar-refractivity contribution in [2.75, 3.05) is 0 Å². The van der Waals surface area contributed by atoms with Crippen LogP contribution in [0.2, 0.25) is 0 Å². The van der Waals surface area contributed by atoms with Crippen molar-refractivity contribution < 1.29 is 0 Å². The lowest BCUT2D eigenvalue weighted by Gasteiger charge is -2.22. The highest BCUT2D eigenvalue weighted by molar-refractivity contribution is 4.67. The van der Waals surface area contributed by atoms with Gasteiger partial charge in [0.1, 0.15) is 0 Å². The molecule has 200 valence electrons. The molecule has 0 fully saturated rings. The molecule has 0 rings (SSSR count). The Kier molecular flexibility index (Phi) is 29.9. The summed E-state index contributed by atoms with van der Waals surface area (Å²) in [6.07, 6.45) is 38.4. The quantitative estimate of drug-likeness (QED) is 0.0878. The zero-order valence-electron chi connectivity index (χ0n) is 23.3. The molecule has 2 nitrogen and oxygen atoms in total. The Morgan fingerprint density at radius 1 is 0.364 bits per heavy atom. The second-order valence-corrected chi connectivity index (χ2v) is 10.9. The first kappa shape index (κ1) is 32.9. The Balaban J connectivity index is 3.26. The van der Waals surface area contributed by atoms with Gasteiger partial charge in [0.05, 0.1) is 0 Å². The third-order valence-corrected chi connectivity index (χ3v) is 7.48. The number of hydrogen-bond donors (Lipinski definition) is 1. The fourth-order valence-corrected chi connectivity index (χ4v) is 5.08. The van der Waals surface area contributed by atoms with Gasteiger partial charge in [0.2, 0.25) is 0 Å². The molecule has 0 unspecified atom stereocenters. The number of hydroxylamine groups is 1. The van der Waals surface area contributed by atoms with Gasteiger partial charge in [-0.15, -0.1) is 0 Å². The van der Waals surface area contributed by atoms with E-state index in [0.717, 1.165) is 12.8 Å². The Labute approximate surface area is 210 Å². The first-order valence-corrected chi connectivity index (χ1v) is 15.7. The highest BCUT2D eigenvalue weighted by atomic mass is 16.5. The van der Waals surface area contributed by atoms with Crippen molar-refractivity contribution in [3.63, 3.8) is 0 Å². The van der Waals surface area contributed by atoms with Crippen molar-refractivity contribution in [2.24, 2.45) is 0 Å². The lowest BCUT2D eigenvalue weighted by molar-refractivity contribution is 0.444. The molecular weight excluding hydrogens is 402 g/mol. The van der Waals surface area contributed by atoms with E-state index < -0.39 is 0 Å². The Hall–Kier alpha value is -0.0800. The van der Waals surface area contributed by atoms with Gasteiger partial charge in [-0.3, -0.25) is 0 Å². The van der Waals surface area contributed by atoms with E-state index in [1.165, 1.54) is 167 Å². The molecule has 0 heterocycles. The topological polar surface area (TPSA) is 35.1 Å². The molecule has 1 N–H and O–H groups in total. The van der Waals surface area contributed by atoms with Crippen LogP contribution in [0.15, 0.2) is 0 Å². The summed E-state index contributed by atoms with van der Waals surface area (Å²) in [6.45, 7) is 4.58. The largest absolute Gasteiger partial charge is 0.788 e. The molecule has 0 aromatic heterocycles. The molecule has 0 aliphatic rings. The smallest absolute Gasteiger partial charge is 0.00510 e. The third kappa shape index (κ3) is 28.0. The summed E-state index contributed by atoms with van der Waals surface area (Å²) in [7, 11) is 0. The van der Waals surface area contributed by atoms with Crippen LogP contribution in [0.3, 0.4) is 0 Å². The molecule has 2 heteroatoms. The first-order chi connectivity index (χ1) is 16.3. The standard InChI is InChI=1S/C31H64NO/c1-3-5-7-9-11-13-15-17-19-21-23-25-27-29-31(32-33)30-28-26-24-22-20-18-16-14-12-10-8-6-4-2/h31-32H,3-30H2,1-2H3/q-1. The number of nitrogens with one attached hydrogen (secondary N) is 1. The van der Waals surface area contributed by atoms with Crippen molar-refractivity contribution in [3.05, 3.63) is 5.21 Å². The molecule has 0 aliphatic heterocycles. The number of hydrogen-bond acceptors (Lipinski definition) is 2. The van der Waals surface area contributed by atoms with Gasteiger partial charge in [0, 0.05) is 0 Å². The summed E-state index contributed by atoms with van der Waals surface area (Å²) >= 11 is 0. The molecule has 0 saturated heterocycles. The van der Waals surface area contributed by atoms with E-state index >= 15 is 0 Å². The van der Waals surface area contributed by atoms with Gasteiger partial charge in [-0.2, -0.15) is 0 Å². The van der Waals surface area contributed by atoms with Gasteiger partial charge in [0.15, 0.2) is 0 Å². The van der Waals surface area contributed by atoms with E-state index in [-0.39, 0.29) is 6.04 Å². The number of unbranched alkanes of at least 4 members (excludes halogenated alkanes) is 24. The van der Waals surface area contributed by atoms with E-state index in [9.17, 15) is 5.21 Å². The summed E-state index contributed by atoms with van der Waals surface area (Å²) in [5.41, 5.74) is 2.34. The van der Waals surface area contributed by atoms with E-state index in [2.05, 4.69) is 19.3 Å². The fraction of sp³-hybridized carbons (Fsp3) is 1.00. The van der Waals surface area contributed by atoms with Gasteiger partial charge in [-0.25, -0.2) is 0 Å². The van der Waals surface area contributed by atoms with Gasteiger partial charge in [0.25, 0.3) is 0 Å². The molecule has 0 bridgehead atoms. The average molecular weight is 467 g/mol. The molecule has 0 atom stereocenters. The second-order valence-electron chi connectivity index (χ2n) is 10.9. The lowest BCUT2D eigenvalue weighted by Crippen LogP contribution is -2.23. The highest BCUT2D eigenvalue weighted by Crippen LogP contribution is 2.16. The summed E-state index contributed by atoms with van der Waals surface area (Å²) in [5, 5.41) is 11.3. The van der Waals surface area contributed by atoms with Crippen LogP contribution >= 0.6 is 0 Å². The molecule has 33 heavy (non-hydrogen) atoms. The molecule has 0 aromatic rings. The summed E-state index contributed by atoms with van der Waals surface area (Å²) in [6, 6.07) is 0.213. The van der Waals surface area contributed by atoms with Crippen molar-refractivity contribution in [3.8, 4) is 0 Å². The minimum absolute atomic E-state index is 0.213. The fourth-order valence-electron chi connectivity index (χ4n) is 5.08. The molecule has 0 amide bonds.